The fraction of sp³-hybridized carbons (Fsp3) is 0.238. The number of carbonyl (C=O) groups is 1. The van der Waals surface area contributed by atoms with Gasteiger partial charge in [-0.15, -0.1) is 24.8 Å². The number of methoxy groups -OCH3 is 1. The van der Waals surface area contributed by atoms with E-state index in [0.29, 0.717) is 17.9 Å². The van der Waals surface area contributed by atoms with E-state index in [9.17, 15) is 4.79 Å². The van der Waals surface area contributed by atoms with E-state index in [1.165, 1.54) is 7.11 Å². The number of fused-ring (bicyclic) bond motifs is 1. The second-order valence-electron chi connectivity index (χ2n) is 6.10. The van der Waals surface area contributed by atoms with Crippen LogP contribution in [-0.4, -0.2) is 22.6 Å². The molecule has 0 radical (unpaired) electrons. The quantitative estimate of drug-likeness (QED) is 0.649. The summed E-state index contributed by atoms with van der Waals surface area (Å²) in [5.41, 5.74) is 5.10. The summed E-state index contributed by atoms with van der Waals surface area (Å²) >= 11 is 0. The van der Waals surface area contributed by atoms with Gasteiger partial charge in [-0.05, 0) is 37.6 Å². The van der Waals surface area contributed by atoms with E-state index >= 15 is 0 Å². The second kappa shape index (κ2) is 9.16. The fourth-order valence-corrected chi connectivity index (χ4v) is 2.95. The van der Waals surface area contributed by atoms with Crippen LogP contribution < -0.4 is 10.1 Å². The van der Waals surface area contributed by atoms with Crippen molar-refractivity contribution in [3.05, 3.63) is 59.0 Å². The Morgan fingerprint density at radius 3 is 2.79 bits per heavy atom. The smallest absolute Gasteiger partial charge is 0.411 e. The monoisotopic (exact) mass is 399 g/mol. The highest BCUT2D eigenvalue weighted by Crippen LogP contribution is 2.26. The third kappa shape index (κ3) is 4.21. The van der Waals surface area contributed by atoms with Crippen LogP contribution in [0.15, 0.2) is 36.5 Å². The summed E-state index contributed by atoms with van der Waals surface area (Å²) in [5, 5.41) is 2.72. The summed E-state index contributed by atoms with van der Waals surface area (Å²) in [4.78, 5) is 16.2. The molecule has 146 valence electrons. The molecule has 1 amide bonds. The summed E-state index contributed by atoms with van der Waals surface area (Å²) < 4.78 is 12.7. The Hall–Kier alpha value is -3.17. The maximum atomic E-state index is 11.6. The third-order valence-electron chi connectivity index (χ3n) is 4.39. The molecule has 0 aliphatic rings. The zero-order valence-corrected chi connectivity index (χ0v) is 16.8. The first-order valence-corrected chi connectivity index (χ1v) is 8.51. The Balaban J connectivity index is 0.00000280. The van der Waals surface area contributed by atoms with E-state index in [0.717, 1.165) is 28.2 Å². The van der Waals surface area contributed by atoms with Crippen LogP contribution in [0.2, 0.25) is 0 Å². The molecule has 0 aliphatic heterocycles. The van der Waals surface area contributed by atoms with Gasteiger partial charge in [0.2, 0.25) is 0 Å². The Kier molecular flexibility index (Phi) is 6.91. The second-order valence-corrected chi connectivity index (χ2v) is 6.10. The predicted octanol–water partition coefficient (Wildman–Crippen LogP) is 4.31. The highest BCUT2D eigenvalue weighted by Gasteiger charge is 2.14. The van der Waals surface area contributed by atoms with Crippen molar-refractivity contribution in [2.45, 2.75) is 26.9 Å². The lowest BCUT2D eigenvalue weighted by Gasteiger charge is -2.14. The number of pyridine rings is 1. The summed E-state index contributed by atoms with van der Waals surface area (Å²) in [5.74, 6) is 3.31. The number of imidazole rings is 1. The van der Waals surface area contributed by atoms with Crippen molar-refractivity contribution in [2.24, 2.45) is 0 Å². The van der Waals surface area contributed by atoms with Gasteiger partial charge in [0.1, 0.15) is 6.61 Å². The molecule has 1 aromatic carbocycles. The van der Waals surface area contributed by atoms with Crippen molar-refractivity contribution >= 4 is 29.8 Å². The van der Waals surface area contributed by atoms with E-state index in [2.05, 4.69) is 21.0 Å². The van der Waals surface area contributed by atoms with Gasteiger partial charge in [-0.2, -0.15) is 0 Å². The third-order valence-corrected chi connectivity index (χ3v) is 4.39. The average Bonchev–Trinajstić information content (AvgIpc) is 2.98. The molecule has 0 bridgehead atoms. The van der Waals surface area contributed by atoms with Gasteiger partial charge >= 0.3 is 6.09 Å². The first kappa shape index (κ1) is 21.1. The van der Waals surface area contributed by atoms with Gasteiger partial charge in [0.05, 0.1) is 30.6 Å². The van der Waals surface area contributed by atoms with E-state index in [-0.39, 0.29) is 19.0 Å². The molecule has 0 atom stereocenters. The van der Waals surface area contributed by atoms with Crippen molar-refractivity contribution in [2.75, 3.05) is 12.4 Å². The standard InChI is InChI=1S/C21H21N3O3.ClH/c1-5-8-18-15(3)22-20-19(11-7-12-24(18)20)27-13-16-14(2)9-6-10-17(16)23-21(25)26-4;/h1,6-7,9-12H,8,13H2,2-4H3,(H,23,25);1H. The van der Waals surface area contributed by atoms with Crippen molar-refractivity contribution in [1.82, 2.24) is 9.38 Å². The van der Waals surface area contributed by atoms with Crippen LogP contribution in [0.5, 0.6) is 5.75 Å². The Morgan fingerprint density at radius 2 is 2.07 bits per heavy atom. The molecule has 2 heterocycles. The number of hydrogen-bond donors (Lipinski definition) is 1. The molecule has 0 unspecified atom stereocenters. The number of terminal acetylenes is 1. The maximum Gasteiger partial charge on any atom is 0.411 e. The van der Waals surface area contributed by atoms with Gasteiger partial charge in [-0.3, -0.25) is 9.72 Å². The van der Waals surface area contributed by atoms with Gasteiger partial charge in [0.15, 0.2) is 11.4 Å². The zero-order chi connectivity index (χ0) is 19.4. The van der Waals surface area contributed by atoms with Crippen LogP contribution in [0.25, 0.3) is 5.65 Å². The highest BCUT2D eigenvalue weighted by molar-refractivity contribution is 5.86. The number of nitrogens with one attached hydrogen (secondary N) is 1. The Morgan fingerprint density at radius 1 is 1.29 bits per heavy atom. The highest BCUT2D eigenvalue weighted by atomic mass is 35.5. The number of ether oxygens (including phenoxy) is 2. The molecule has 3 aromatic rings. The molecule has 0 fully saturated rings. The average molecular weight is 400 g/mol. The van der Waals surface area contributed by atoms with Crippen LogP contribution in [0.3, 0.4) is 0 Å². The summed E-state index contributed by atoms with van der Waals surface area (Å²) in [6, 6.07) is 9.41. The lowest BCUT2D eigenvalue weighted by molar-refractivity contribution is 0.187. The minimum atomic E-state index is -0.522. The zero-order valence-electron chi connectivity index (χ0n) is 16.0. The lowest BCUT2D eigenvalue weighted by Crippen LogP contribution is -2.14. The minimum absolute atomic E-state index is 0. The number of carbonyl (C=O) groups excluding carboxylic acids is 1. The van der Waals surface area contributed by atoms with Gasteiger partial charge in [0, 0.05) is 11.8 Å². The number of halogens is 1. The van der Waals surface area contributed by atoms with Crippen molar-refractivity contribution in [3.8, 4) is 18.1 Å². The molecule has 6 nitrogen and oxygen atoms in total. The Bertz CT molecular complexity index is 1040. The van der Waals surface area contributed by atoms with Crippen LogP contribution in [0.4, 0.5) is 10.5 Å². The number of amides is 1. The molecule has 0 saturated carbocycles. The molecule has 3 rings (SSSR count). The summed E-state index contributed by atoms with van der Waals surface area (Å²) in [7, 11) is 1.33. The van der Waals surface area contributed by atoms with Crippen molar-refractivity contribution < 1.29 is 14.3 Å². The van der Waals surface area contributed by atoms with Gasteiger partial charge in [-0.1, -0.05) is 12.1 Å². The van der Waals surface area contributed by atoms with Crippen LogP contribution in [0.1, 0.15) is 22.5 Å². The van der Waals surface area contributed by atoms with Crippen LogP contribution >= 0.6 is 12.4 Å². The normalized spacial score (nSPS) is 10.1. The van der Waals surface area contributed by atoms with Gasteiger partial charge < -0.3 is 9.47 Å². The largest absolute Gasteiger partial charge is 0.485 e. The molecule has 0 spiro atoms. The van der Waals surface area contributed by atoms with Crippen molar-refractivity contribution in [1.29, 1.82) is 0 Å². The molecule has 1 N–H and O–H groups in total. The predicted molar refractivity (Wildman–Crippen MR) is 111 cm³/mol. The number of aryl methyl sites for hydroxylation is 2. The van der Waals surface area contributed by atoms with Gasteiger partial charge in [0.25, 0.3) is 0 Å². The molecule has 2 aromatic heterocycles. The lowest BCUT2D eigenvalue weighted by atomic mass is 10.1. The molecular weight excluding hydrogens is 378 g/mol. The van der Waals surface area contributed by atoms with E-state index in [1.807, 2.05) is 54.8 Å². The van der Waals surface area contributed by atoms with Crippen molar-refractivity contribution in [3.63, 3.8) is 0 Å². The fourth-order valence-electron chi connectivity index (χ4n) is 2.95. The number of nitrogens with zero attached hydrogens (tertiary/aromatic N) is 2. The molecule has 28 heavy (non-hydrogen) atoms. The summed E-state index contributed by atoms with van der Waals surface area (Å²) in [6.45, 7) is 4.18. The molecule has 0 saturated heterocycles. The van der Waals surface area contributed by atoms with Gasteiger partial charge in [-0.25, -0.2) is 9.78 Å². The van der Waals surface area contributed by atoms with E-state index in [4.69, 9.17) is 11.2 Å². The summed E-state index contributed by atoms with van der Waals surface area (Å²) in [6.07, 6.45) is 7.37. The number of anilines is 1. The topological polar surface area (TPSA) is 64.9 Å². The van der Waals surface area contributed by atoms with Crippen LogP contribution in [-0.2, 0) is 17.8 Å². The molecule has 7 heteroatoms. The Labute approximate surface area is 170 Å². The minimum Gasteiger partial charge on any atom is -0.485 e. The number of aromatic nitrogens is 2. The first-order valence-electron chi connectivity index (χ1n) is 8.51. The molecule has 0 aliphatic carbocycles. The number of hydrogen-bond acceptors (Lipinski definition) is 4. The van der Waals surface area contributed by atoms with E-state index < -0.39 is 6.09 Å². The molecular formula is C21H22ClN3O3. The maximum absolute atomic E-state index is 11.6. The number of benzene rings is 1. The first-order chi connectivity index (χ1) is 13.0. The SMILES string of the molecule is C#CCc1c(C)nc2c(OCc3c(C)cccc3NC(=O)OC)cccn12.Cl. The number of rotatable bonds is 5. The van der Waals surface area contributed by atoms with E-state index in [1.54, 1.807) is 0 Å². The van der Waals surface area contributed by atoms with Crippen LogP contribution in [0, 0.1) is 26.2 Å².